The molecule has 0 aliphatic carbocycles. The highest BCUT2D eigenvalue weighted by molar-refractivity contribution is 5.44. The first kappa shape index (κ1) is 14.2. The van der Waals surface area contributed by atoms with E-state index >= 15 is 0 Å². The standard InChI is InChI=1S/C15H16F2N2O/c1-3-20-15-7-5-12(9-18-15)19-10(2)13-6-4-11(16)8-14(13)17/h4-10,19H,3H2,1-2H3. The fourth-order valence-corrected chi connectivity index (χ4v) is 1.88. The summed E-state index contributed by atoms with van der Waals surface area (Å²) < 4.78 is 31.8. The Kier molecular flexibility index (Phi) is 4.50. The van der Waals surface area contributed by atoms with Crippen LogP contribution in [0.2, 0.25) is 0 Å². The molecule has 1 N–H and O–H groups in total. The minimum atomic E-state index is -0.582. The van der Waals surface area contributed by atoms with E-state index in [0.717, 1.165) is 11.8 Å². The molecule has 0 fully saturated rings. The Labute approximate surface area is 116 Å². The molecule has 0 amide bonds. The van der Waals surface area contributed by atoms with Crippen LogP contribution in [0, 0.1) is 11.6 Å². The van der Waals surface area contributed by atoms with Crippen LogP contribution in [-0.4, -0.2) is 11.6 Å². The van der Waals surface area contributed by atoms with E-state index < -0.39 is 11.6 Å². The van der Waals surface area contributed by atoms with Gasteiger partial charge in [-0.1, -0.05) is 6.07 Å². The molecule has 1 atom stereocenters. The molecule has 0 bridgehead atoms. The van der Waals surface area contributed by atoms with Crippen molar-refractivity contribution >= 4 is 5.69 Å². The zero-order valence-electron chi connectivity index (χ0n) is 11.4. The molecule has 1 unspecified atom stereocenters. The van der Waals surface area contributed by atoms with E-state index in [1.54, 1.807) is 25.3 Å². The van der Waals surface area contributed by atoms with Gasteiger partial charge < -0.3 is 10.1 Å². The molecule has 0 saturated heterocycles. The molecule has 0 saturated carbocycles. The lowest BCUT2D eigenvalue weighted by molar-refractivity contribution is 0.327. The molecule has 5 heteroatoms. The molecule has 0 aliphatic heterocycles. The second kappa shape index (κ2) is 6.32. The van der Waals surface area contributed by atoms with Gasteiger partial charge in [-0.05, 0) is 26.0 Å². The van der Waals surface area contributed by atoms with Gasteiger partial charge in [0.05, 0.1) is 24.5 Å². The van der Waals surface area contributed by atoms with E-state index in [1.165, 1.54) is 12.1 Å². The highest BCUT2D eigenvalue weighted by Gasteiger charge is 2.11. The van der Waals surface area contributed by atoms with Crippen LogP contribution in [0.15, 0.2) is 36.5 Å². The molecule has 3 nitrogen and oxygen atoms in total. The lowest BCUT2D eigenvalue weighted by Gasteiger charge is -2.16. The summed E-state index contributed by atoms with van der Waals surface area (Å²) >= 11 is 0. The third kappa shape index (κ3) is 3.44. The topological polar surface area (TPSA) is 34.1 Å². The monoisotopic (exact) mass is 278 g/mol. The SMILES string of the molecule is CCOc1ccc(NC(C)c2ccc(F)cc2F)cn1. The number of ether oxygens (including phenoxy) is 1. The Morgan fingerprint density at radius 3 is 2.65 bits per heavy atom. The highest BCUT2D eigenvalue weighted by Crippen LogP contribution is 2.22. The number of nitrogens with one attached hydrogen (secondary N) is 1. The molecule has 20 heavy (non-hydrogen) atoms. The van der Waals surface area contributed by atoms with Gasteiger partial charge in [-0.25, -0.2) is 13.8 Å². The van der Waals surface area contributed by atoms with Gasteiger partial charge in [0.1, 0.15) is 11.6 Å². The molecular weight excluding hydrogens is 262 g/mol. The second-order valence-electron chi connectivity index (χ2n) is 4.35. The summed E-state index contributed by atoms with van der Waals surface area (Å²) in [4.78, 5) is 4.11. The Morgan fingerprint density at radius 1 is 1.25 bits per heavy atom. The summed E-state index contributed by atoms with van der Waals surface area (Å²) in [6, 6.07) is 6.80. The summed E-state index contributed by atoms with van der Waals surface area (Å²) in [5.41, 5.74) is 1.14. The van der Waals surface area contributed by atoms with Gasteiger partial charge in [-0.15, -0.1) is 0 Å². The van der Waals surface area contributed by atoms with Crippen LogP contribution in [0.25, 0.3) is 0 Å². The van der Waals surface area contributed by atoms with Crippen LogP contribution in [0.3, 0.4) is 0 Å². The fourth-order valence-electron chi connectivity index (χ4n) is 1.88. The van der Waals surface area contributed by atoms with Gasteiger partial charge in [-0.3, -0.25) is 0 Å². The highest BCUT2D eigenvalue weighted by atomic mass is 19.1. The maximum atomic E-state index is 13.7. The first-order chi connectivity index (χ1) is 9.60. The van der Waals surface area contributed by atoms with Gasteiger partial charge in [0.2, 0.25) is 5.88 Å². The minimum absolute atomic E-state index is 0.296. The van der Waals surface area contributed by atoms with Crippen molar-refractivity contribution in [2.75, 3.05) is 11.9 Å². The van der Waals surface area contributed by atoms with Crippen LogP contribution in [0.5, 0.6) is 5.88 Å². The summed E-state index contributed by atoms with van der Waals surface area (Å²) in [6.45, 7) is 4.23. The number of nitrogens with zero attached hydrogens (tertiary/aromatic N) is 1. The number of hydrogen-bond donors (Lipinski definition) is 1. The van der Waals surface area contributed by atoms with Gasteiger partial charge in [-0.2, -0.15) is 0 Å². The Hall–Kier alpha value is -2.17. The number of benzene rings is 1. The summed E-state index contributed by atoms with van der Waals surface area (Å²) in [6.07, 6.45) is 1.61. The summed E-state index contributed by atoms with van der Waals surface area (Å²) in [5, 5.41) is 3.11. The summed E-state index contributed by atoms with van der Waals surface area (Å²) in [5.74, 6) is -0.608. The molecule has 1 heterocycles. The van der Waals surface area contributed by atoms with Crippen LogP contribution in [-0.2, 0) is 0 Å². The Morgan fingerprint density at radius 2 is 2.05 bits per heavy atom. The van der Waals surface area contributed by atoms with Crippen LogP contribution < -0.4 is 10.1 Å². The van der Waals surface area contributed by atoms with Crippen LogP contribution >= 0.6 is 0 Å². The number of rotatable bonds is 5. The van der Waals surface area contributed by atoms with Crippen molar-refractivity contribution in [2.45, 2.75) is 19.9 Å². The Balaban J connectivity index is 2.08. The maximum Gasteiger partial charge on any atom is 0.213 e. The first-order valence-corrected chi connectivity index (χ1v) is 6.40. The van der Waals surface area contributed by atoms with Crippen molar-refractivity contribution in [3.8, 4) is 5.88 Å². The molecule has 2 aromatic rings. The molecule has 106 valence electrons. The van der Waals surface area contributed by atoms with Gasteiger partial charge in [0.25, 0.3) is 0 Å². The fraction of sp³-hybridized carbons (Fsp3) is 0.267. The van der Waals surface area contributed by atoms with Crippen LogP contribution in [0.4, 0.5) is 14.5 Å². The molecule has 1 aromatic heterocycles. The van der Waals surface area contributed by atoms with Crippen molar-refractivity contribution in [3.63, 3.8) is 0 Å². The number of halogens is 2. The van der Waals surface area contributed by atoms with E-state index in [2.05, 4.69) is 10.3 Å². The number of pyridine rings is 1. The van der Waals surface area contributed by atoms with E-state index in [1.807, 2.05) is 6.92 Å². The normalized spacial score (nSPS) is 12.0. The zero-order valence-corrected chi connectivity index (χ0v) is 11.4. The second-order valence-corrected chi connectivity index (χ2v) is 4.35. The molecule has 1 aromatic carbocycles. The Bertz CT molecular complexity index is 573. The maximum absolute atomic E-state index is 13.7. The molecular formula is C15H16F2N2O. The van der Waals surface area contributed by atoms with Crippen molar-refractivity contribution in [1.29, 1.82) is 0 Å². The van der Waals surface area contributed by atoms with E-state index in [0.29, 0.717) is 18.1 Å². The molecule has 0 aliphatic rings. The number of hydrogen-bond acceptors (Lipinski definition) is 3. The third-order valence-electron chi connectivity index (χ3n) is 2.84. The molecule has 0 spiro atoms. The number of aromatic nitrogens is 1. The first-order valence-electron chi connectivity index (χ1n) is 6.40. The zero-order chi connectivity index (χ0) is 14.5. The predicted molar refractivity (Wildman–Crippen MR) is 73.8 cm³/mol. The van der Waals surface area contributed by atoms with Gasteiger partial charge in [0.15, 0.2) is 0 Å². The largest absolute Gasteiger partial charge is 0.478 e. The van der Waals surface area contributed by atoms with Gasteiger partial charge >= 0.3 is 0 Å². The van der Waals surface area contributed by atoms with Crippen molar-refractivity contribution in [2.24, 2.45) is 0 Å². The van der Waals surface area contributed by atoms with Crippen LogP contribution in [0.1, 0.15) is 25.5 Å². The average molecular weight is 278 g/mol. The minimum Gasteiger partial charge on any atom is -0.478 e. The molecule has 0 radical (unpaired) electrons. The average Bonchev–Trinajstić information content (AvgIpc) is 2.41. The third-order valence-corrected chi connectivity index (χ3v) is 2.84. The lowest BCUT2D eigenvalue weighted by Crippen LogP contribution is -2.09. The summed E-state index contributed by atoms with van der Waals surface area (Å²) in [7, 11) is 0. The van der Waals surface area contributed by atoms with Crippen molar-refractivity contribution < 1.29 is 13.5 Å². The quantitative estimate of drug-likeness (QED) is 0.899. The smallest absolute Gasteiger partial charge is 0.213 e. The van der Waals surface area contributed by atoms with E-state index in [9.17, 15) is 8.78 Å². The van der Waals surface area contributed by atoms with Crippen molar-refractivity contribution in [3.05, 3.63) is 53.7 Å². The molecule has 2 rings (SSSR count). The van der Waals surface area contributed by atoms with Gasteiger partial charge in [0, 0.05) is 17.7 Å². The number of anilines is 1. The lowest BCUT2D eigenvalue weighted by atomic mass is 10.1. The van der Waals surface area contributed by atoms with E-state index in [-0.39, 0.29) is 6.04 Å². The van der Waals surface area contributed by atoms with E-state index in [4.69, 9.17) is 4.74 Å². The van der Waals surface area contributed by atoms with Crippen molar-refractivity contribution in [1.82, 2.24) is 4.98 Å². The predicted octanol–water partition coefficient (Wildman–Crippen LogP) is 3.93.